The SMILES string of the molecule is CC(N)c1ccc(C2=NN(C)C(=O)CC2)cc1. The smallest absolute Gasteiger partial charge is 0.242 e. The summed E-state index contributed by atoms with van der Waals surface area (Å²) in [7, 11) is 1.69. The van der Waals surface area contributed by atoms with Crippen LogP contribution in [-0.4, -0.2) is 23.7 Å². The van der Waals surface area contributed by atoms with Crippen molar-refractivity contribution < 1.29 is 4.79 Å². The molecule has 17 heavy (non-hydrogen) atoms. The predicted molar refractivity (Wildman–Crippen MR) is 67.6 cm³/mol. The number of amides is 1. The average molecular weight is 231 g/mol. The minimum Gasteiger partial charge on any atom is -0.324 e. The Bertz CT molecular complexity index is 448. The van der Waals surface area contributed by atoms with E-state index < -0.39 is 0 Å². The molecule has 0 fully saturated rings. The van der Waals surface area contributed by atoms with Crippen molar-refractivity contribution in [2.24, 2.45) is 10.8 Å². The van der Waals surface area contributed by atoms with E-state index in [2.05, 4.69) is 5.10 Å². The first-order valence-corrected chi connectivity index (χ1v) is 5.78. The maximum atomic E-state index is 11.3. The van der Waals surface area contributed by atoms with Gasteiger partial charge in [-0.25, -0.2) is 5.01 Å². The van der Waals surface area contributed by atoms with Crippen LogP contribution in [0.25, 0.3) is 0 Å². The van der Waals surface area contributed by atoms with Crippen LogP contribution in [-0.2, 0) is 4.79 Å². The van der Waals surface area contributed by atoms with Gasteiger partial charge in [-0.3, -0.25) is 4.79 Å². The lowest BCUT2D eigenvalue weighted by molar-refractivity contribution is -0.130. The zero-order valence-electron chi connectivity index (χ0n) is 10.2. The number of hydrazone groups is 1. The largest absolute Gasteiger partial charge is 0.324 e. The van der Waals surface area contributed by atoms with E-state index in [0.717, 1.165) is 16.8 Å². The van der Waals surface area contributed by atoms with Crippen LogP contribution in [0.15, 0.2) is 29.4 Å². The summed E-state index contributed by atoms with van der Waals surface area (Å²) in [6.45, 7) is 1.96. The van der Waals surface area contributed by atoms with Crippen LogP contribution in [0.4, 0.5) is 0 Å². The van der Waals surface area contributed by atoms with Gasteiger partial charge in [0.1, 0.15) is 0 Å². The first-order chi connectivity index (χ1) is 8.08. The molecule has 90 valence electrons. The number of nitrogens with zero attached hydrogens (tertiary/aromatic N) is 2. The van der Waals surface area contributed by atoms with Gasteiger partial charge < -0.3 is 5.73 Å². The van der Waals surface area contributed by atoms with Crippen molar-refractivity contribution in [3.05, 3.63) is 35.4 Å². The molecular formula is C13H17N3O. The molecule has 2 rings (SSSR count). The Balaban J connectivity index is 2.23. The molecule has 0 saturated heterocycles. The molecular weight excluding hydrogens is 214 g/mol. The molecule has 1 aromatic carbocycles. The summed E-state index contributed by atoms with van der Waals surface area (Å²) in [5.41, 5.74) is 8.93. The van der Waals surface area contributed by atoms with E-state index >= 15 is 0 Å². The second-order valence-corrected chi connectivity index (χ2v) is 4.37. The highest BCUT2D eigenvalue weighted by molar-refractivity contribution is 6.04. The monoisotopic (exact) mass is 231 g/mol. The molecule has 2 N–H and O–H groups in total. The van der Waals surface area contributed by atoms with Crippen molar-refractivity contribution in [1.29, 1.82) is 0 Å². The lowest BCUT2D eigenvalue weighted by Crippen LogP contribution is -2.28. The van der Waals surface area contributed by atoms with E-state index in [1.54, 1.807) is 7.05 Å². The Morgan fingerprint density at radius 3 is 2.47 bits per heavy atom. The van der Waals surface area contributed by atoms with Crippen molar-refractivity contribution in [2.45, 2.75) is 25.8 Å². The van der Waals surface area contributed by atoms with Crippen LogP contribution in [0.3, 0.4) is 0 Å². The molecule has 1 heterocycles. The van der Waals surface area contributed by atoms with Gasteiger partial charge in [0.25, 0.3) is 0 Å². The number of rotatable bonds is 2. The first kappa shape index (κ1) is 11.8. The van der Waals surface area contributed by atoms with Crippen LogP contribution < -0.4 is 5.73 Å². The van der Waals surface area contributed by atoms with Crippen molar-refractivity contribution in [3.63, 3.8) is 0 Å². The third-order valence-corrected chi connectivity index (χ3v) is 2.98. The van der Waals surface area contributed by atoms with E-state index in [1.165, 1.54) is 5.01 Å². The van der Waals surface area contributed by atoms with Crippen LogP contribution in [0.5, 0.6) is 0 Å². The molecule has 0 bridgehead atoms. The van der Waals surface area contributed by atoms with Crippen molar-refractivity contribution in [2.75, 3.05) is 7.05 Å². The predicted octanol–water partition coefficient (Wildman–Crippen LogP) is 1.66. The van der Waals surface area contributed by atoms with Gasteiger partial charge >= 0.3 is 0 Å². The van der Waals surface area contributed by atoms with E-state index in [-0.39, 0.29) is 11.9 Å². The first-order valence-electron chi connectivity index (χ1n) is 5.78. The maximum absolute atomic E-state index is 11.3. The fraction of sp³-hybridized carbons (Fsp3) is 0.385. The summed E-state index contributed by atoms with van der Waals surface area (Å²) in [6, 6.07) is 8.10. The van der Waals surface area contributed by atoms with Gasteiger partial charge in [-0.05, 0) is 18.1 Å². The van der Waals surface area contributed by atoms with Gasteiger partial charge in [0, 0.05) is 25.9 Å². The molecule has 0 aliphatic carbocycles. The van der Waals surface area contributed by atoms with E-state index in [9.17, 15) is 4.79 Å². The summed E-state index contributed by atoms with van der Waals surface area (Å²) in [5, 5.41) is 5.69. The number of nitrogens with two attached hydrogens (primary N) is 1. The summed E-state index contributed by atoms with van der Waals surface area (Å²) < 4.78 is 0. The quantitative estimate of drug-likeness (QED) is 0.841. The minimum absolute atomic E-state index is 0.0431. The van der Waals surface area contributed by atoms with Gasteiger partial charge in [0.2, 0.25) is 5.91 Å². The summed E-state index contributed by atoms with van der Waals surface area (Å²) in [4.78, 5) is 11.3. The normalized spacial score (nSPS) is 17.9. The third kappa shape index (κ3) is 2.53. The number of benzene rings is 1. The maximum Gasteiger partial charge on any atom is 0.242 e. The number of hydrogen-bond acceptors (Lipinski definition) is 3. The van der Waals surface area contributed by atoms with Crippen molar-refractivity contribution in [1.82, 2.24) is 5.01 Å². The Morgan fingerprint density at radius 1 is 1.29 bits per heavy atom. The Hall–Kier alpha value is -1.68. The highest BCUT2D eigenvalue weighted by Crippen LogP contribution is 2.16. The third-order valence-electron chi connectivity index (χ3n) is 2.98. The number of hydrogen-bond donors (Lipinski definition) is 1. The highest BCUT2D eigenvalue weighted by Gasteiger charge is 2.17. The topological polar surface area (TPSA) is 58.7 Å². The van der Waals surface area contributed by atoms with Gasteiger partial charge in [-0.1, -0.05) is 24.3 Å². The fourth-order valence-corrected chi connectivity index (χ4v) is 1.86. The second kappa shape index (κ2) is 4.67. The zero-order chi connectivity index (χ0) is 12.4. The number of carbonyl (C=O) groups is 1. The zero-order valence-corrected chi connectivity index (χ0v) is 10.2. The molecule has 1 aliphatic rings. The van der Waals surface area contributed by atoms with Crippen LogP contribution >= 0.6 is 0 Å². The lowest BCUT2D eigenvalue weighted by atomic mass is 10.0. The van der Waals surface area contributed by atoms with Gasteiger partial charge in [-0.15, -0.1) is 0 Å². The fourth-order valence-electron chi connectivity index (χ4n) is 1.86. The molecule has 4 nitrogen and oxygen atoms in total. The molecule has 1 unspecified atom stereocenters. The number of carbonyl (C=O) groups excluding carboxylic acids is 1. The minimum atomic E-state index is 0.0431. The van der Waals surface area contributed by atoms with Crippen LogP contribution in [0.1, 0.15) is 36.9 Å². The van der Waals surface area contributed by atoms with Crippen LogP contribution in [0, 0.1) is 0 Å². The molecule has 0 spiro atoms. The molecule has 0 saturated carbocycles. The van der Waals surface area contributed by atoms with Crippen LogP contribution in [0.2, 0.25) is 0 Å². The Labute approximate surface area is 101 Å². The van der Waals surface area contributed by atoms with Gasteiger partial charge in [0.05, 0.1) is 5.71 Å². The molecule has 1 aliphatic heterocycles. The van der Waals surface area contributed by atoms with Crippen molar-refractivity contribution in [3.8, 4) is 0 Å². The average Bonchev–Trinajstić information content (AvgIpc) is 2.33. The molecule has 1 amide bonds. The summed E-state index contributed by atoms with van der Waals surface area (Å²) in [5.74, 6) is 0.0703. The molecule has 0 radical (unpaired) electrons. The Kier molecular flexibility index (Phi) is 3.24. The summed E-state index contributed by atoms with van der Waals surface area (Å²) >= 11 is 0. The summed E-state index contributed by atoms with van der Waals surface area (Å²) in [6.07, 6.45) is 1.24. The van der Waals surface area contributed by atoms with Crippen molar-refractivity contribution >= 4 is 11.6 Å². The molecule has 0 aromatic heterocycles. The standard InChI is InChI=1S/C13H17N3O/c1-9(14)10-3-5-11(6-4-10)12-7-8-13(17)16(2)15-12/h3-6,9H,7-8,14H2,1-2H3. The molecule has 1 atom stereocenters. The molecule has 4 heteroatoms. The Morgan fingerprint density at radius 2 is 1.94 bits per heavy atom. The van der Waals surface area contributed by atoms with Gasteiger partial charge in [0.15, 0.2) is 0 Å². The second-order valence-electron chi connectivity index (χ2n) is 4.37. The highest BCUT2D eigenvalue weighted by atomic mass is 16.2. The van der Waals surface area contributed by atoms with E-state index in [1.807, 2.05) is 31.2 Å². The van der Waals surface area contributed by atoms with E-state index in [4.69, 9.17) is 5.73 Å². The lowest BCUT2D eigenvalue weighted by Gasteiger charge is -2.19. The van der Waals surface area contributed by atoms with Gasteiger partial charge in [-0.2, -0.15) is 5.10 Å². The molecule has 1 aromatic rings. The van der Waals surface area contributed by atoms with E-state index in [0.29, 0.717) is 12.8 Å².